The molecule has 5 aromatic rings. The molecule has 1 aromatic heterocycles. The molecule has 0 atom stereocenters. The second-order valence-electron chi connectivity index (χ2n) is 9.48. The molecule has 0 fully saturated rings. The smallest absolute Gasteiger partial charge is 0.808 e. The summed E-state index contributed by atoms with van der Waals surface area (Å²) in [5, 5.41) is 13.8. The van der Waals surface area contributed by atoms with Crippen LogP contribution < -0.4 is 4.90 Å². The minimum Gasteiger partial charge on any atom is -0.808 e. The van der Waals surface area contributed by atoms with Gasteiger partial charge in [-0.15, -0.1) is 17.7 Å². The molecule has 0 aliphatic carbocycles. The third-order valence-corrected chi connectivity index (χ3v) is 6.36. The number of hydrogen-bond acceptors (Lipinski definition) is 2. The predicted octanol–water partition coefficient (Wildman–Crippen LogP) is 8.48. The van der Waals surface area contributed by atoms with Crippen LogP contribution in [-0.2, 0) is 20.1 Å². The van der Waals surface area contributed by atoms with E-state index in [0.717, 1.165) is 34.0 Å². The van der Waals surface area contributed by atoms with Crippen LogP contribution in [0.15, 0.2) is 115 Å². The van der Waals surface area contributed by atoms with E-state index in [-0.39, 0.29) is 20.1 Å². The minimum absolute atomic E-state index is 0. The zero-order valence-electron chi connectivity index (χ0n) is 23.5. The maximum atomic E-state index is 9.42. The Bertz CT molecular complexity index is 1540. The standard InChI is InChI=1S/C24H22N2.C11H11N2.Ir/c1-18(25)17-19(2)26(3)24-15-13-23(14-16-24)22-11-9-21(10-12-22)20-7-5-4-6-8-20;1-9-8-10(2)13(12-9)11-6-4-3-5-7-11;/h4-15,17H,1-3H3;3-6,8H,1-2H3;/q-2;-1;+3/b19-17-;;. The Labute approximate surface area is 251 Å². The van der Waals surface area contributed by atoms with E-state index in [1.54, 1.807) is 13.0 Å². The maximum absolute atomic E-state index is 9.42. The summed E-state index contributed by atoms with van der Waals surface area (Å²) in [6, 6.07) is 41.5. The summed E-state index contributed by atoms with van der Waals surface area (Å²) >= 11 is 0. The van der Waals surface area contributed by atoms with Gasteiger partial charge >= 0.3 is 20.1 Å². The zero-order chi connectivity index (χ0) is 27.8. The van der Waals surface area contributed by atoms with Crippen molar-refractivity contribution in [3.05, 3.63) is 144 Å². The zero-order valence-corrected chi connectivity index (χ0v) is 25.9. The van der Waals surface area contributed by atoms with Crippen LogP contribution in [0.1, 0.15) is 25.2 Å². The second kappa shape index (κ2) is 14.4. The Morgan fingerprint density at radius 1 is 0.800 bits per heavy atom. The van der Waals surface area contributed by atoms with Crippen molar-refractivity contribution in [2.24, 2.45) is 0 Å². The number of rotatable bonds is 6. The van der Waals surface area contributed by atoms with Crippen LogP contribution in [0.4, 0.5) is 5.69 Å². The third kappa shape index (κ3) is 7.98. The fourth-order valence-corrected chi connectivity index (χ4v) is 4.27. The summed E-state index contributed by atoms with van der Waals surface area (Å²) in [6.45, 7) is 7.67. The van der Waals surface area contributed by atoms with E-state index < -0.39 is 0 Å². The molecule has 0 unspecified atom stereocenters. The third-order valence-electron chi connectivity index (χ3n) is 6.36. The molecule has 4 aromatic carbocycles. The van der Waals surface area contributed by atoms with Gasteiger partial charge in [0, 0.05) is 18.4 Å². The molecule has 0 aliphatic heterocycles. The van der Waals surface area contributed by atoms with Crippen LogP contribution in [0.25, 0.3) is 33.4 Å². The summed E-state index contributed by atoms with van der Waals surface area (Å²) < 4.78 is 1.90. The van der Waals surface area contributed by atoms with Crippen molar-refractivity contribution in [2.45, 2.75) is 27.7 Å². The van der Waals surface area contributed by atoms with Gasteiger partial charge in [-0.1, -0.05) is 78.8 Å². The number of aromatic nitrogens is 2. The molecule has 0 saturated heterocycles. The fraction of sp³-hybridized carbons (Fsp3) is 0.143. The maximum Gasteiger partial charge on any atom is 3.00 e. The number of allylic oxidation sites excluding steroid dienone is 2. The van der Waals surface area contributed by atoms with Crippen LogP contribution in [0, 0.1) is 26.0 Å². The van der Waals surface area contributed by atoms with Gasteiger partial charge in [0.2, 0.25) is 0 Å². The first-order chi connectivity index (χ1) is 18.8. The van der Waals surface area contributed by atoms with Crippen molar-refractivity contribution < 1.29 is 20.1 Å². The molecule has 0 spiro atoms. The predicted molar refractivity (Wildman–Crippen MR) is 164 cm³/mol. The number of anilines is 1. The van der Waals surface area contributed by atoms with Crippen molar-refractivity contribution in [1.82, 2.24) is 9.78 Å². The van der Waals surface area contributed by atoms with Crippen LogP contribution in [0.3, 0.4) is 0 Å². The molecule has 5 rings (SSSR count). The quantitative estimate of drug-likeness (QED) is 0.132. The normalized spacial score (nSPS) is 10.7. The number of benzene rings is 4. The van der Waals surface area contributed by atoms with Gasteiger partial charge in [0.25, 0.3) is 0 Å². The number of hydrogen-bond donors (Lipinski definition) is 0. The van der Waals surface area contributed by atoms with Crippen molar-refractivity contribution >= 4 is 11.4 Å². The number of aryl methyl sites for hydroxylation is 2. The van der Waals surface area contributed by atoms with E-state index in [1.807, 2.05) is 79.9 Å². The van der Waals surface area contributed by atoms with Gasteiger partial charge in [-0.3, -0.25) is 4.68 Å². The molecule has 40 heavy (non-hydrogen) atoms. The first-order valence-electron chi connectivity index (χ1n) is 12.9. The monoisotopic (exact) mass is 702 g/mol. The number of nitrogens with zero attached hydrogens (tertiary/aromatic N) is 4. The van der Waals surface area contributed by atoms with Gasteiger partial charge in [-0.05, 0) is 43.7 Å². The summed E-state index contributed by atoms with van der Waals surface area (Å²) in [5.41, 5.74) is 10.1. The molecular weight excluding hydrogens is 669 g/mol. The summed E-state index contributed by atoms with van der Waals surface area (Å²) in [7, 11) is 1.97. The van der Waals surface area contributed by atoms with Gasteiger partial charge in [0.1, 0.15) is 0 Å². The Hall–Kier alpha value is -4.05. The summed E-state index contributed by atoms with van der Waals surface area (Å²) in [5.74, 6) is 0. The first-order valence-corrected chi connectivity index (χ1v) is 12.9. The Balaban J connectivity index is 0.000000264. The van der Waals surface area contributed by atoms with Gasteiger partial charge in [-0.2, -0.15) is 53.3 Å². The molecule has 1 heterocycles. The molecule has 202 valence electrons. The topological polar surface area (TPSA) is 43.4 Å². The van der Waals surface area contributed by atoms with Crippen molar-refractivity contribution in [3.8, 4) is 27.9 Å². The summed E-state index contributed by atoms with van der Waals surface area (Å²) in [4.78, 5) is 2.00. The molecule has 0 bridgehead atoms. The molecule has 0 saturated carbocycles. The summed E-state index contributed by atoms with van der Waals surface area (Å²) in [6.07, 6.45) is 1.74. The Kier molecular flexibility index (Phi) is 11.0. The minimum atomic E-state index is 0. The van der Waals surface area contributed by atoms with Crippen molar-refractivity contribution in [1.29, 1.82) is 0 Å². The van der Waals surface area contributed by atoms with E-state index >= 15 is 0 Å². The number of para-hydroxylation sites is 1. The first kappa shape index (κ1) is 30.5. The van der Waals surface area contributed by atoms with Gasteiger partial charge in [-0.25, -0.2) is 0 Å². The van der Waals surface area contributed by atoms with E-state index in [4.69, 9.17) is 0 Å². The second-order valence-corrected chi connectivity index (χ2v) is 9.48. The van der Waals surface area contributed by atoms with Crippen LogP contribution in [-0.4, -0.2) is 22.5 Å². The van der Waals surface area contributed by atoms with Gasteiger partial charge in [0.05, 0.1) is 5.69 Å². The molecule has 5 heteroatoms. The average molecular weight is 702 g/mol. The molecule has 4 nitrogen and oxygen atoms in total. The molecule has 0 amide bonds. The SMILES string of the molecule is CC(=[N-])/C=C(/C)N(C)c1[c-]cc(-c2ccc(-c3ccccc3)cc2)cc1.Cc1cc(C)n(-c2[c-]cccc2)n1.[Ir+3]. The Morgan fingerprint density at radius 3 is 1.93 bits per heavy atom. The van der Waals surface area contributed by atoms with Crippen LogP contribution in [0.2, 0.25) is 0 Å². The van der Waals surface area contributed by atoms with Crippen molar-refractivity contribution in [2.75, 3.05) is 11.9 Å². The Morgan fingerprint density at radius 2 is 1.40 bits per heavy atom. The van der Waals surface area contributed by atoms with E-state index in [1.165, 1.54) is 16.7 Å². The van der Waals surface area contributed by atoms with Crippen molar-refractivity contribution in [3.63, 3.8) is 0 Å². The molecule has 0 radical (unpaired) electrons. The van der Waals surface area contributed by atoms with Gasteiger partial charge < -0.3 is 10.3 Å². The molecular formula is C35H33IrN4. The van der Waals surface area contributed by atoms with E-state index in [2.05, 4.69) is 77.9 Å². The largest absolute Gasteiger partial charge is 3.00 e. The van der Waals surface area contributed by atoms with E-state index in [9.17, 15) is 5.41 Å². The average Bonchev–Trinajstić information content (AvgIpc) is 3.31. The van der Waals surface area contributed by atoms with Gasteiger partial charge in [0.15, 0.2) is 0 Å². The van der Waals surface area contributed by atoms with Crippen LogP contribution in [0.5, 0.6) is 0 Å². The molecule has 0 aliphatic rings. The van der Waals surface area contributed by atoms with Crippen LogP contribution >= 0.6 is 0 Å². The molecule has 0 N–H and O–H groups in total. The van der Waals surface area contributed by atoms with E-state index in [0.29, 0.717) is 5.71 Å². The fourth-order valence-electron chi connectivity index (χ4n) is 4.27.